The predicted molar refractivity (Wildman–Crippen MR) is 84.9 cm³/mol. The summed E-state index contributed by atoms with van der Waals surface area (Å²) in [6, 6.07) is 7.41. The first-order chi connectivity index (χ1) is 11.2. The number of hydrogen-bond donors (Lipinski definition) is 0. The van der Waals surface area contributed by atoms with Crippen molar-refractivity contribution in [2.75, 3.05) is 13.7 Å². The summed E-state index contributed by atoms with van der Waals surface area (Å²) in [5.41, 5.74) is 0.866. The molecule has 1 aromatic heterocycles. The Morgan fingerprint density at radius 1 is 1.39 bits per heavy atom. The third-order valence-corrected chi connectivity index (χ3v) is 4.11. The molecule has 0 saturated carbocycles. The van der Waals surface area contributed by atoms with Crippen molar-refractivity contribution in [2.24, 2.45) is 0 Å². The number of aromatic nitrogens is 2. The van der Waals surface area contributed by atoms with Crippen molar-refractivity contribution >= 4 is 5.91 Å². The Labute approximate surface area is 135 Å². The number of likely N-dealkylation sites (tertiary alicyclic amines) is 1. The van der Waals surface area contributed by atoms with Gasteiger partial charge in [0.2, 0.25) is 17.6 Å². The highest BCUT2D eigenvalue weighted by Gasteiger charge is 2.33. The Morgan fingerprint density at radius 3 is 2.87 bits per heavy atom. The molecule has 1 saturated heterocycles. The quantitative estimate of drug-likeness (QED) is 0.847. The fourth-order valence-corrected chi connectivity index (χ4v) is 2.91. The lowest BCUT2D eigenvalue weighted by atomic mass is 10.2. The van der Waals surface area contributed by atoms with Crippen LogP contribution in [0.1, 0.15) is 44.5 Å². The van der Waals surface area contributed by atoms with E-state index in [-0.39, 0.29) is 11.9 Å². The van der Waals surface area contributed by atoms with Gasteiger partial charge < -0.3 is 14.2 Å². The summed E-state index contributed by atoms with van der Waals surface area (Å²) in [5, 5.41) is 4.06. The van der Waals surface area contributed by atoms with Crippen LogP contribution in [0.5, 0.6) is 5.75 Å². The lowest BCUT2D eigenvalue weighted by molar-refractivity contribution is -0.132. The molecule has 1 aliphatic heterocycles. The molecule has 3 rings (SSSR count). The van der Waals surface area contributed by atoms with Gasteiger partial charge in [0.25, 0.3) is 0 Å². The van der Waals surface area contributed by atoms with Crippen molar-refractivity contribution in [3.63, 3.8) is 0 Å². The number of methoxy groups -OCH3 is 1. The van der Waals surface area contributed by atoms with Gasteiger partial charge in [-0.15, -0.1) is 0 Å². The number of carbonyl (C=O) groups is 1. The molecule has 1 amide bonds. The Morgan fingerprint density at radius 2 is 2.17 bits per heavy atom. The number of hydrogen-bond acceptors (Lipinski definition) is 5. The van der Waals surface area contributed by atoms with Gasteiger partial charge in [0, 0.05) is 18.5 Å². The highest BCUT2D eigenvalue weighted by atomic mass is 16.5. The monoisotopic (exact) mass is 315 g/mol. The van der Waals surface area contributed by atoms with Crippen LogP contribution in [0.3, 0.4) is 0 Å². The molecule has 1 aromatic carbocycles. The lowest BCUT2D eigenvalue weighted by Crippen LogP contribution is -2.30. The van der Waals surface area contributed by atoms with Gasteiger partial charge in [-0.2, -0.15) is 4.98 Å². The highest BCUT2D eigenvalue weighted by Crippen LogP contribution is 2.32. The number of carbonyl (C=O) groups excluding carboxylic acids is 1. The van der Waals surface area contributed by atoms with Gasteiger partial charge in [-0.25, -0.2) is 0 Å². The second-order valence-electron chi connectivity index (χ2n) is 5.68. The fourth-order valence-electron chi connectivity index (χ4n) is 2.91. The highest BCUT2D eigenvalue weighted by molar-refractivity contribution is 5.76. The first kappa shape index (κ1) is 15.5. The zero-order valence-corrected chi connectivity index (χ0v) is 13.5. The maximum absolute atomic E-state index is 12.2. The van der Waals surface area contributed by atoms with Crippen LogP contribution in [-0.2, 0) is 4.79 Å². The van der Waals surface area contributed by atoms with Crippen LogP contribution in [0.2, 0.25) is 0 Å². The minimum Gasteiger partial charge on any atom is -0.497 e. The van der Waals surface area contributed by atoms with E-state index in [9.17, 15) is 4.79 Å². The molecule has 1 unspecified atom stereocenters. The standard InChI is InChI=1S/C17H21N3O3/c1-3-5-15(21)20-11-4-6-14(20)17-18-16(19-23-17)12-7-9-13(22-2)10-8-12/h7-10,14H,3-6,11H2,1-2H3. The van der Waals surface area contributed by atoms with Crippen molar-refractivity contribution in [1.29, 1.82) is 0 Å². The van der Waals surface area contributed by atoms with Crippen LogP contribution in [0.25, 0.3) is 11.4 Å². The van der Waals surface area contributed by atoms with Gasteiger partial charge in [0.05, 0.1) is 7.11 Å². The average molecular weight is 315 g/mol. The van der Waals surface area contributed by atoms with Gasteiger partial charge in [-0.1, -0.05) is 12.1 Å². The van der Waals surface area contributed by atoms with Crippen molar-refractivity contribution < 1.29 is 14.1 Å². The minimum absolute atomic E-state index is 0.0893. The van der Waals surface area contributed by atoms with Crippen LogP contribution >= 0.6 is 0 Å². The Kier molecular flexibility index (Phi) is 4.60. The summed E-state index contributed by atoms with van der Waals surface area (Å²) < 4.78 is 10.6. The molecular weight excluding hydrogens is 294 g/mol. The molecule has 0 bridgehead atoms. The molecule has 2 aromatic rings. The predicted octanol–water partition coefficient (Wildman–Crippen LogP) is 3.21. The Bertz CT molecular complexity index is 666. The van der Waals surface area contributed by atoms with Crippen LogP contribution in [-0.4, -0.2) is 34.6 Å². The van der Waals surface area contributed by atoms with Crippen molar-refractivity contribution in [1.82, 2.24) is 15.0 Å². The topological polar surface area (TPSA) is 68.5 Å². The molecule has 0 radical (unpaired) electrons. The van der Waals surface area contributed by atoms with E-state index >= 15 is 0 Å². The van der Waals surface area contributed by atoms with E-state index in [2.05, 4.69) is 10.1 Å². The van der Waals surface area contributed by atoms with Gasteiger partial charge in [0.1, 0.15) is 11.8 Å². The van der Waals surface area contributed by atoms with E-state index in [1.807, 2.05) is 36.1 Å². The number of amides is 1. The summed E-state index contributed by atoms with van der Waals surface area (Å²) >= 11 is 0. The largest absolute Gasteiger partial charge is 0.497 e. The molecule has 122 valence electrons. The Hall–Kier alpha value is -2.37. The molecule has 1 fully saturated rings. The van der Waals surface area contributed by atoms with Crippen molar-refractivity contribution in [3.8, 4) is 17.1 Å². The summed E-state index contributed by atoms with van der Waals surface area (Å²) in [7, 11) is 1.63. The molecule has 6 heteroatoms. The van der Waals surface area contributed by atoms with Crippen LogP contribution in [0, 0.1) is 0 Å². The van der Waals surface area contributed by atoms with Gasteiger partial charge >= 0.3 is 0 Å². The maximum Gasteiger partial charge on any atom is 0.249 e. The third-order valence-electron chi connectivity index (χ3n) is 4.11. The van der Waals surface area contributed by atoms with Crippen LogP contribution in [0.15, 0.2) is 28.8 Å². The summed E-state index contributed by atoms with van der Waals surface area (Å²) in [6.07, 6.45) is 3.26. The second kappa shape index (κ2) is 6.81. The number of rotatable bonds is 5. The molecule has 0 aliphatic carbocycles. The van der Waals surface area contributed by atoms with Crippen molar-refractivity contribution in [3.05, 3.63) is 30.2 Å². The summed E-state index contributed by atoms with van der Waals surface area (Å²) in [5.74, 6) is 2.01. The zero-order valence-electron chi connectivity index (χ0n) is 13.5. The number of nitrogens with zero attached hydrogens (tertiary/aromatic N) is 3. The molecule has 1 atom stereocenters. The SMILES string of the molecule is CCCC(=O)N1CCCC1c1nc(-c2ccc(OC)cc2)no1. The van der Waals surface area contributed by atoms with E-state index in [4.69, 9.17) is 9.26 Å². The molecule has 0 N–H and O–H groups in total. The average Bonchev–Trinajstić information content (AvgIpc) is 3.24. The van der Waals surface area contributed by atoms with Gasteiger partial charge in [0.15, 0.2) is 0 Å². The smallest absolute Gasteiger partial charge is 0.249 e. The van der Waals surface area contributed by atoms with Crippen LogP contribution < -0.4 is 4.74 Å². The summed E-state index contributed by atoms with van der Waals surface area (Å²) in [4.78, 5) is 18.6. The summed E-state index contributed by atoms with van der Waals surface area (Å²) in [6.45, 7) is 2.78. The van der Waals surface area contributed by atoms with E-state index in [1.54, 1.807) is 7.11 Å². The lowest BCUT2D eigenvalue weighted by Gasteiger charge is -2.21. The third kappa shape index (κ3) is 3.21. The molecule has 1 aliphatic rings. The van der Waals surface area contributed by atoms with E-state index in [0.717, 1.165) is 37.1 Å². The molecule has 23 heavy (non-hydrogen) atoms. The van der Waals surface area contributed by atoms with Gasteiger partial charge in [-0.05, 0) is 43.5 Å². The molecule has 2 heterocycles. The first-order valence-electron chi connectivity index (χ1n) is 8.00. The fraction of sp³-hybridized carbons (Fsp3) is 0.471. The van der Waals surface area contributed by atoms with Crippen molar-refractivity contribution in [2.45, 2.75) is 38.6 Å². The van der Waals surface area contributed by atoms with Crippen LogP contribution in [0.4, 0.5) is 0 Å². The van der Waals surface area contributed by atoms with E-state index in [1.165, 1.54) is 0 Å². The second-order valence-corrected chi connectivity index (χ2v) is 5.68. The zero-order chi connectivity index (χ0) is 16.2. The molecular formula is C17H21N3O3. The maximum atomic E-state index is 12.2. The number of ether oxygens (including phenoxy) is 1. The molecule has 6 nitrogen and oxygen atoms in total. The van der Waals surface area contributed by atoms with Gasteiger partial charge in [-0.3, -0.25) is 4.79 Å². The Balaban J connectivity index is 1.79. The minimum atomic E-state index is -0.0893. The molecule has 0 spiro atoms. The first-order valence-corrected chi connectivity index (χ1v) is 8.00. The number of benzene rings is 1. The normalized spacial score (nSPS) is 17.5. The van der Waals surface area contributed by atoms with E-state index < -0.39 is 0 Å². The van der Waals surface area contributed by atoms with E-state index in [0.29, 0.717) is 18.1 Å².